The van der Waals surface area contributed by atoms with Crippen LogP contribution in [0.3, 0.4) is 0 Å². The van der Waals surface area contributed by atoms with Crippen LogP contribution in [-0.4, -0.2) is 5.78 Å². The lowest BCUT2D eigenvalue weighted by atomic mass is 10.1. The summed E-state index contributed by atoms with van der Waals surface area (Å²) in [5, 5.41) is 1.79. The Balaban J connectivity index is 2.28. The predicted octanol–water partition coefficient (Wildman–Crippen LogP) is 3.76. The van der Waals surface area contributed by atoms with E-state index in [4.69, 9.17) is 0 Å². The number of ketones is 1. The van der Waals surface area contributed by atoms with Gasteiger partial charge in [-0.2, -0.15) is 0 Å². The molecule has 0 saturated carbocycles. The summed E-state index contributed by atoms with van der Waals surface area (Å²) in [6, 6.07) is 5.42. The van der Waals surface area contributed by atoms with Crippen molar-refractivity contribution in [2.75, 3.05) is 0 Å². The molecule has 4 heteroatoms. The molecule has 1 nitrogen and oxygen atoms in total. The van der Waals surface area contributed by atoms with E-state index in [1.807, 2.05) is 6.07 Å². The Labute approximate surface area is 102 Å². The molecular weight excluding hydrogens is 242 g/mol. The van der Waals surface area contributed by atoms with Crippen molar-refractivity contribution in [3.63, 3.8) is 0 Å². The van der Waals surface area contributed by atoms with Crippen LogP contribution in [0.25, 0.3) is 0 Å². The molecule has 1 aromatic carbocycles. The summed E-state index contributed by atoms with van der Waals surface area (Å²) in [4.78, 5) is 12.4. The Hall–Kier alpha value is -1.55. The molecule has 1 heterocycles. The third kappa shape index (κ3) is 2.42. The topological polar surface area (TPSA) is 17.1 Å². The van der Waals surface area contributed by atoms with Crippen molar-refractivity contribution in [1.82, 2.24) is 0 Å². The number of hydrogen-bond acceptors (Lipinski definition) is 2. The van der Waals surface area contributed by atoms with Gasteiger partial charge in [0.05, 0.1) is 4.88 Å². The van der Waals surface area contributed by atoms with E-state index in [1.54, 1.807) is 12.3 Å². The lowest BCUT2D eigenvalue weighted by Gasteiger charge is -2.03. The monoisotopic (exact) mass is 252 g/mol. The molecule has 2 rings (SSSR count). The third-order valence-electron chi connectivity index (χ3n) is 2.51. The van der Waals surface area contributed by atoms with Crippen molar-refractivity contribution in [1.29, 1.82) is 0 Å². The fourth-order valence-electron chi connectivity index (χ4n) is 1.60. The molecule has 0 bridgehead atoms. The first-order valence-corrected chi connectivity index (χ1v) is 5.97. The number of rotatable bonds is 3. The van der Waals surface area contributed by atoms with Crippen molar-refractivity contribution < 1.29 is 13.6 Å². The summed E-state index contributed by atoms with van der Waals surface area (Å²) in [5.41, 5.74) is 0.682. The van der Waals surface area contributed by atoms with Crippen molar-refractivity contribution in [2.24, 2.45) is 0 Å². The van der Waals surface area contributed by atoms with Gasteiger partial charge in [-0.15, -0.1) is 11.3 Å². The number of Topliss-reactive ketones (excluding diaryl/α,β-unsaturated/α-hetero) is 1. The summed E-state index contributed by atoms with van der Waals surface area (Å²) < 4.78 is 26.7. The van der Waals surface area contributed by atoms with Crippen LogP contribution in [-0.2, 0) is 6.42 Å². The molecule has 0 fully saturated rings. The zero-order chi connectivity index (χ0) is 12.4. The molecule has 0 unspecified atom stereocenters. The van der Waals surface area contributed by atoms with E-state index in [0.717, 1.165) is 17.7 Å². The molecule has 0 aliphatic rings. The van der Waals surface area contributed by atoms with Crippen LogP contribution in [0.1, 0.15) is 20.8 Å². The lowest BCUT2D eigenvalue weighted by Crippen LogP contribution is -2.06. The van der Waals surface area contributed by atoms with Crippen LogP contribution >= 0.6 is 11.3 Å². The van der Waals surface area contributed by atoms with Crippen LogP contribution < -0.4 is 0 Å². The molecule has 0 aliphatic carbocycles. The minimum absolute atomic E-state index is 0.162. The smallest absolute Gasteiger partial charge is 0.177 e. The Morgan fingerprint density at radius 1 is 1.24 bits per heavy atom. The molecule has 0 aliphatic heterocycles. The molecular formula is C13H10F2OS. The van der Waals surface area contributed by atoms with Crippen molar-refractivity contribution >= 4 is 17.1 Å². The standard InChI is InChI=1S/C13H10F2OS/c1-8-5-6-17-13(8)12(16)7-9-10(14)3-2-4-11(9)15/h2-6H,7H2,1H3. The number of hydrogen-bond donors (Lipinski definition) is 0. The number of halogens is 2. The second-order valence-electron chi connectivity index (χ2n) is 3.73. The third-order valence-corrected chi connectivity index (χ3v) is 3.57. The zero-order valence-corrected chi connectivity index (χ0v) is 9.98. The molecule has 0 radical (unpaired) electrons. The van der Waals surface area contributed by atoms with Crippen molar-refractivity contribution in [2.45, 2.75) is 13.3 Å². The highest BCUT2D eigenvalue weighted by atomic mass is 32.1. The minimum Gasteiger partial charge on any atom is -0.293 e. The second-order valence-corrected chi connectivity index (χ2v) is 4.65. The maximum absolute atomic E-state index is 13.4. The van der Waals surface area contributed by atoms with E-state index < -0.39 is 11.6 Å². The van der Waals surface area contributed by atoms with Gasteiger partial charge in [0.1, 0.15) is 11.6 Å². The van der Waals surface area contributed by atoms with Gasteiger partial charge in [0, 0.05) is 12.0 Å². The van der Waals surface area contributed by atoms with Gasteiger partial charge in [-0.05, 0) is 36.1 Å². The number of carbonyl (C=O) groups is 1. The van der Waals surface area contributed by atoms with Gasteiger partial charge in [0.25, 0.3) is 0 Å². The Kier molecular flexibility index (Phi) is 3.33. The molecule has 88 valence electrons. The van der Waals surface area contributed by atoms with Crippen molar-refractivity contribution in [3.8, 4) is 0 Å². The molecule has 0 amide bonds. The summed E-state index contributed by atoms with van der Waals surface area (Å²) in [5.74, 6) is -1.60. The highest BCUT2D eigenvalue weighted by molar-refractivity contribution is 7.12. The summed E-state index contributed by atoms with van der Waals surface area (Å²) in [7, 11) is 0. The fraction of sp³-hybridized carbons (Fsp3) is 0.154. The van der Waals surface area contributed by atoms with Crippen LogP contribution in [0.2, 0.25) is 0 Å². The minimum atomic E-state index is -0.674. The van der Waals surface area contributed by atoms with Gasteiger partial charge in [-0.1, -0.05) is 6.07 Å². The largest absolute Gasteiger partial charge is 0.293 e. The quantitative estimate of drug-likeness (QED) is 0.760. The summed E-state index contributed by atoms with van der Waals surface area (Å²) in [6.07, 6.45) is -0.236. The van der Waals surface area contributed by atoms with E-state index in [2.05, 4.69) is 0 Å². The van der Waals surface area contributed by atoms with E-state index in [9.17, 15) is 13.6 Å². The molecule has 17 heavy (non-hydrogen) atoms. The van der Waals surface area contributed by atoms with Gasteiger partial charge < -0.3 is 0 Å². The molecule has 0 saturated heterocycles. The number of thiophene rings is 1. The Morgan fingerprint density at radius 2 is 1.88 bits per heavy atom. The maximum atomic E-state index is 13.4. The fourth-order valence-corrected chi connectivity index (χ4v) is 2.47. The summed E-state index contributed by atoms with van der Waals surface area (Å²) >= 11 is 1.29. The van der Waals surface area contributed by atoms with Gasteiger partial charge in [0.2, 0.25) is 0 Å². The zero-order valence-electron chi connectivity index (χ0n) is 9.17. The predicted molar refractivity (Wildman–Crippen MR) is 63.4 cm³/mol. The number of benzene rings is 1. The van der Waals surface area contributed by atoms with Crippen molar-refractivity contribution in [3.05, 3.63) is 57.3 Å². The Bertz CT molecular complexity index is 540. The van der Waals surface area contributed by atoms with Crippen LogP contribution in [0.15, 0.2) is 29.6 Å². The first-order valence-electron chi connectivity index (χ1n) is 5.10. The highest BCUT2D eigenvalue weighted by Crippen LogP contribution is 2.20. The summed E-state index contributed by atoms with van der Waals surface area (Å²) in [6.45, 7) is 1.81. The number of aryl methyl sites for hydroxylation is 1. The van der Waals surface area contributed by atoms with E-state index in [-0.39, 0.29) is 17.8 Å². The second kappa shape index (κ2) is 4.75. The van der Waals surface area contributed by atoms with Crippen LogP contribution in [0.5, 0.6) is 0 Å². The SMILES string of the molecule is Cc1ccsc1C(=O)Cc1c(F)cccc1F. The molecule has 0 spiro atoms. The normalized spacial score (nSPS) is 10.5. The average molecular weight is 252 g/mol. The average Bonchev–Trinajstić information content (AvgIpc) is 2.70. The van der Waals surface area contributed by atoms with E-state index in [1.165, 1.54) is 17.4 Å². The Morgan fingerprint density at radius 3 is 2.41 bits per heavy atom. The molecule has 1 aromatic heterocycles. The first-order chi connectivity index (χ1) is 8.09. The first kappa shape index (κ1) is 11.9. The van der Waals surface area contributed by atoms with E-state index >= 15 is 0 Å². The maximum Gasteiger partial charge on any atom is 0.177 e. The molecule has 0 N–H and O–H groups in total. The highest BCUT2D eigenvalue weighted by Gasteiger charge is 2.16. The van der Waals surface area contributed by atoms with Gasteiger partial charge >= 0.3 is 0 Å². The van der Waals surface area contributed by atoms with Crippen LogP contribution in [0, 0.1) is 18.6 Å². The molecule has 2 aromatic rings. The van der Waals surface area contributed by atoms with Gasteiger partial charge in [0.15, 0.2) is 5.78 Å². The molecule has 0 atom stereocenters. The lowest BCUT2D eigenvalue weighted by molar-refractivity contribution is 0.0994. The van der Waals surface area contributed by atoms with Crippen LogP contribution in [0.4, 0.5) is 8.78 Å². The van der Waals surface area contributed by atoms with E-state index in [0.29, 0.717) is 4.88 Å². The van der Waals surface area contributed by atoms with Gasteiger partial charge in [-0.25, -0.2) is 8.78 Å². The number of carbonyl (C=O) groups excluding carboxylic acids is 1. The van der Waals surface area contributed by atoms with Gasteiger partial charge in [-0.3, -0.25) is 4.79 Å².